The van der Waals surface area contributed by atoms with Gasteiger partial charge in [-0.2, -0.15) is 0 Å². The zero-order valence-corrected chi connectivity index (χ0v) is 26.4. The number of hydrogen-bond donors (Lipinski definition) is 1. The van der Waals surface area contributed by atoms with E-state index in [4.69, 9.17) is 23.2 Å². The lowest BCUT2D eigenvalue weighted by molar-refractivity contribution is -0.140. The van der Waals surface area contributed by atoms with Gasteiger partial charge in [0.1, 0.15) is 12.6 Å². The first-order chi connectivity index (χ1) is 19.4. The molecule has 0 bridgehead atoms. The Morgan fingerprint density at radius 2 is 1.44 bits per heavy atom. The number of nitrogens with zero attached hydrogens (tertiary/aromatic N) is 2. The molecule has 220 valence electrons. The average Bonchev–Trinajstić information content (AvgIpc) is 2.94. The second kappa shape index (κ2) is 14.2. The van der Waals surface area contributed by atoms with Crippen molar-refractivity contribution in [1.29, 1.82) is 0 Å². The van der Waals surface area contributed by atoms with Gasteiger partial charge >= 0.3 is 0 Å². The van der Waals surface area contributed by atoms with Gasteiger partial charge in [0.15, 0.2) is 0 Å². The monoisotopic (exact) mass is 617 g/mol. The van der Waals surface area contributed by atoms with Gasteiger partial charge in [-0.1, -0.05) is 84.6 Å². The third kappa shape index (κ3) is 8.24. The Morgan fingerprint density at radius 3 is 1.98 bits per heavy atom. The summed E-state index contributed by atoms with van der Waals surface area (Å²) in [7, 11) is -4.20. The Labute approximate surface area is 253 Å². The number of anilines is 1. The summed E-state index contributed by atoms with van der Waals surface area (Å²) in [6.45, 7) is 9.10. The van der Waals surface area contributed by atoms with E-state index < -0.39 is 28.5 Å². The van der Waals surface area contributed by atoms with E-state index in [-0.39, 0.29) is 39.1 Å². The zero-order valence-electron chi connectivity index (χ0n) is 24.0. The Kier molecular flexibility index (Phi) is 11.2. The van der Waals surface area contributed by atoms with Crippen molar-refractivity contribution in [2.75, 3.05) is 10.8 Å². The maximum atomic E-state index is 14.1. The van der Waals surface area contributed by atoms with Gasteiger partial charge in [0, 0.05) is 12.6 Å². The number of amides is 2. The topological polar surface area (TPSA) is 86.8 Å². The lowest BCUT2D eigenvalue weighted by Crippen LogP contribution is -2.53. The molecule has 1 N–H and O–H groups in total. The van der Waals surface area contributed by atoms with Gasteiger partial charge in [0.2, 0.25) is 11.8 Å². The SMILES string of the molecule is CC[C@@H](C)NC(=O)[C@H](CC)N(Cc1ccc(C)cc1)C(=O)CN(c1ccc(Cl)c(Cl)c1)S(=O)(=O)c1ccc(C)cc1. The minimum Gasteiger partial charge on any atom is -0.352 e. The van der Waals surface area contributed by atoms with Crippen LogP contribution in [0.25, 0.3) is 0 Å². The van der Waals surface area contributed by atoms with E-state index in [1.807, 2.05) is 58.9 Å². The van der Waals surface area contributed by atoms with Gasteiger partial charge in [-0.25, -0.2) is 8.42 Å². The molecule has 2 amide bonds. The molecule has 0 unspecified atom stereocenters. The average molecular weight is 619 g/mol. The Balaban J connectivity index is 2.08. The fourth-order valence-electron chi connectivity index (χ4n) is 4.26. The predicted molar refractivity (Wildman–Crippen MR) is 166 cm³/mol. The fourth-order valence-corrected chi connectivity index (χ4v) is 5.96. The number of halogens is 2. The van der Waals surface area contributed by atoms with Gasteiger partial charge in [0.05, 0.1) is 20.6 Å². The van der Waals surface area contributed by atoms with E-state index in [1.165, 1.54) is 35.2 Å². The molecule has 0 aliphatic rings. The standard InChI is InChI=1S/C31H37Cl2N3O4S/c1-6-23(5)34-31(38)29(7-2)35(19-24-12-8-21(3)9-13-24)30(37)20-36(25-14-17-27(32)28(33)18-25)41(39,40)26-15-10-22(4)11-16-26/h8-18,23,29H,6-7,19-20H2,1-5H3,(H,34,38)/t23-,29+/m1/s1. The maximum Gasteiger partial charge on any atom is 0.264 e. The highest BCUT2D eigenvalue weighted by Gasteiger charge is 2.34. The van der Waals surface area contributed by atoms with E-state index in [0.717, 1.165) is 27.4 Å². The number of carbonyl (C=O) groups is 2. The normalized spacial score (nSPS) is 12.9. The van der Waals surface area contributed by atoms with Crippen molar-refractivity contribution in [2.24, 2.45) is 0 Å². The van der Waals surface area contributed by atoms with E-state index in [9.17, 15) is 18.0 Å². The van der Waals surface area contributed by atoms with Gasteiger partial charge in [-0.3, -0.25) is 13.9 Å². The van der Waals surface area contributed by atoms with Crippen molar-refractivity contribution < 1.29 is 18.0 Å². The summed E-state index contributed by atoms with van der Waals surface area (Å²) >= 11 is 12.4. The highest BCUT2D eigenvalue weighted by Crippen LogP contribution is 2.31. The first kappa shape index (κ1) is 32.4. The van der Waals surface area contributed by atoms with Crippen molar-refractivity contribution in [1.82, 2.24) is 10.2 Å². The van der Waals surface area contributed by atoms with Crippen LogP contribution in [-0.2, 0) is 26.2 Å². The van der Waals surface area contributed by atoms with Crippen molar-refractivity contribution in [3.8, 4) is 0 Å². The van der Waals surface area contributed by atoms with Crippen LogP contribution in [0, 0.1) is 13.8 Å². The number of benzene rings is 3. The second-order valence-electron chi connectivity index (χ2n) is 10.2. The Bertz CT molecular complexity index is 1460. The molecule has 2 atom stereocenters. The molecule has 0 spiro atoms. The highest BCUT2D eigenvalue weighted by molar-refractivity contribution is 7.92. The van der Waals surface area contributed by atoms with Crippen LogP contribution in [0.5, 0.6) is 0 Å². The molecular weight excluding hydrogens is 581 g/mol. The van der Waals surface area contributed by atoms with Crippen LogP contribution in [0.2, 0.25) is 10.0 Å². The third-order valence-corrected chi connectivity index (χ3v) is 9.47. The molecule has 10 heteroatoms. The van der Waals surface area contributed by atoms with Crippen LogP contribution < -0.4 is 9.62 Å². The van der Waals surface area contributed by atoms with E-state index in [0.29, 0.717) is 6.42 Å². The smallest absolute Gasteiger partial charge is 0.264 e. The van der Waals surface area contributed by atoms with Crippen molar-refractivity contribution >= 4 is 50.7 Å². The predicted octanol–water partition coefficient (Wildman–Crippen LogP) is 6.53. The minimum absolute atomic E-state index is 0.0219. The molecule has 0 aliphatic carbocycles. The molecule has 0 aliphatic heterocycles. The first-order valence-corrected chi connectivity index (χ1v) is 15.8. The van der Waals surface area contributed by atoms with Crippen molar-refractivity contribution in [2.45, 2.75) is 71.0 Å². The lowest BCUT2D eigenvalue weighted by atomic mass is 10.1. The van der Waals surface area contributed by atoms with Crippen LogP contribution in [0.4, 0.5) is 5.69 Å². The van der Waals surface area contributed by atoms with E-state index in [2.05, 4.69) is 5.32 Å². The summed E-state index contributed by atoms with van der Waals surface area (Å²) in [5, 5.41) is 3.38. The summed E-state index contributed by atoms with van der Waals surface area (Å²) in [4.78, 5) is 29.0. The fraction of sp³-hybridized carbons (Fsp3) is 0.355. The number of aryl methyl sites for hydroxylation is 2. The zero-order chi connectivity index (χ0) is 30.3. The number of carbonyl (C=O) groups excluding carboxylic acids is 2. The van der Waals surface area contributed by atoms with Gasteiger partial charge < -0.3 is 10.2 Å². The van der Waals surface area contributed by atoms with E-state index >= 15 is 0 Å². The summed E-state index contributed by atoms with van der Waals surface area (Å²) in [6.07, 6.45) is 1.07. The first-order valence-electron chi connectivity index (χ1n) is 13.6. The van der Waals surface area contributed by atoms with Crippen LogP contribution in [0.15, 0.2) is 71.6 Å². The summed E-state index contributed by atoms with van der Waals surface area (Å²) in [5.74, 6) is -0.816. The second-order valence-corrected chi connectivity index (χ2v) is 12.8. The molecule has 7 nitrogen and oxygen atoms in total. The van der Waals surface area contributed by atoms with Crippen LogP contribution in [0.3, 0.4) is 0 Å². The summed E-state index contributed by atoms with van der Waals surface area (Å²) < 4.78 is 28.9. The molecule has 0 fully saturated rings. The molecule has 3 rings (SSSR count). The van der Waals surface area contributed by atoms with Gasteiger partial charge in [0.25, 0.3) is 10.0 Å². The number of rotatable bonds is 12. The molecule has 0 saturated heterocycles. The quantitative estimate of drug-likeness (QED) is 0.250. The maximum absolute atomic E-state index is 14.1. The molecule has 3 aromatic carbocycles. The molecule has 0 heterocycles. The summed E-state index contributed by atoms with van der Waals surface area (Å²) in [5.41, 5.74) is 2.95. The number of nitrogens with one attached hydrogen (secondary N) is 1. The Hall–Kier alpha value is -3.07. The van der Waals surface area contributed by atoms with Crippen LogP contribution in [0.1, 0.15) is 50.3 Å². The van der Waals surface area contributed by atoms with Gasteiger partial charge in [-0.05, 0) is 69.5 Å². The number of hydrogen-bond acceptors (Lipinski definition) is 4. The largest absolute Gasteiger partial charge is 0.352 e. The molecule has 3 aromatic rings. The van der Waals surface area contributed by atoms with Gasteiger partial charge in [-0.15, -0.1) is 0 Å². The van der Waals surface area contributed by atoms with Crippen molar-refractivity contribution in [3.63, 3.8) is 0 Å². The van der Waals surface area contributed by atoms with Crippen LogP contribution >= 0.6 is 23.2 Å². The highest BCUT2D eigenvalue weighted by atomic mass is 35.5. The van der Waals surface area contributed by atoms with Crippen molar-refractivity contribution in [3.05, 3.63) is 93.5 Å². The van der Waals surface area contributed by atoms with E-state index in [1.54, 1.807) is 12.1 Å². The Morgan fingerprint density at radius 1 is 0.854 bits per heavy atom. The van der Waals surface area contributed by atoms with Crippen LogP contribution in [-0.4, -0.2) is 43.8 Å². The minimum atomic E-state index is -4.20. The molecule has 0 saturated carbocycles. The lowest BCUT2D eigenvalue weighted by Gasteiger charge is -2.33. The molecule has 0 radical (unpaired) electrons. The molecule has 41 heavy (non-hydrogen) atoms. The number of sulfonamides is 1. The molecular formula is C31H37Cl2N3O4S. The third-order valence-electron chi connectivity index (χ3n) is 6.94. The molecule has 0 aromatic heterocycles. The summed E-state index contributed by atoms with van der Waals surface area (Å²) in [6, 6.07) is 17.6.